The van der Waals surface area contributed by atoms with E-state index in [2.05, 4.69) is 51.0 Å². The van der Waals surface area contributed by atoms with E-state index in [-0.39, 0.29) is 17.7 Å². The van der Waals surface area contributed by atoms with Gasteiger partial charge in [-0.3, -0.25) is 9.69 Å². The second-order valence-corrected chi connectivity index (χ2v) is 9.64. The van der Waals surface area contributed by atoms with Crippen molar-refractivity contribution in [1.82, 2.24) is 9.80 Å². The number of nitrogens with zero attached hydrogens (tertiary/aromatic N) is 3. The van der Waals surface area contributed by atoms with Gasteiger partial charge in [0.2, 0.25) is 5.91 Å². The van der Waals surface area contributed by atoms with Gasteiger partial charge in [0.05, 0.1) is 0 Å². The third-order valence-electron chi connectivity index (χ3n) is 6.94. The van der Waals surface area contributed by atoms with Crippen LogP contribution in [0.5, 0.6) is 5.75 Å². The van der Waals surface area contributed by atoms with Crippen LogP contribution in [0.25, 0.3) is 0 Å². The molecule has 0 saturated carbocycles. The fraction of sp³-hybridized carbons (Fsp3) is 0.519. The van der Waals surface area contributed by atoms with E-state index < -0.39 is 6.36 Å². The van der Waals surface area contributed by atoms with Gasteiger partial charge in [0.1, 0.15) is 5.75 Å². The van der Waals surface area contributed by atoms with Crippen molar-refractivity contribution in [2.24, 2.45) is 0 Å². The molecule has 0 atom stereocenters. The Kier molecular flexibility index (Phi) is 8.61. The summed E-state index contributed by atoms with van der Waals surface area (Å²) in [7, 11) is 0. The van der Waals surface area contributed by atoms with Gasteiger partial charge in [0.15, 0.2) is 0 Å². The van der Waals surface area contributed by atoms with Crippen molar-refractivity contribution in [3.63, 3.8) is 0 Å². The predicted molar refractivity (Wildman–Crippen MR) is 135 cm³/mol. The van der Waals surface area contributed by atoms with Crippen LogP contribution in [0.1, 0.15) is 31.2 Å². The summed E-state index contributed by atoms with van der Waals surface area (Å²) in [6.45, 7) is 8.49. The second kappa shape index (κ2) is 11.9. The molecule has 2 aromatic carbocycles. The normalized spacial score (nSPS) is 17.8. The first-order chi connectivity index (χ1) is 17.2. The van der Waals surface area contributed by atoms with Crippen LogP contribution in [0, 0.1) is 6.92 Å². The maximum absolute atomic E-state index is 12.7. The van der Waals surface area contributed by atoms with Gasteiger partial charge < -0.3 is 19.9 Å². The number of rotatable bonds is 8. The summed E-state index contributed by atoms with van der Waals surface area (Å²) >= 11 is 0. The molecular formula is C27H35F3N4O2. The fourth-order valence-corrected chi connectivity index (χ4v) is 4.86. The first-order valence-corrected chi connectivity index (χ1v) is 12.7. The Labute approximate surface area is 211 Å². The van der Waals surface area contributed by atoms with E-state index in [1.807, 2.05) is 4.90 Å². The third-order valence-corrected chi connectivity index (χ3v) is 6.94. The molecule has 2 fully saturated rings. The van der Waals surface area contributed by atoms with Crippen LogP contribution in [-0.4, -0.2) is 73.9 Å². The number of anilines is 2. The number of amides is 1. The zero-order chi connectivity index (χ0) is 25.5. The Balaban J connectivity index is 1.11. The van der Waals surface area contributed by atoms with E-state index >= 15 is 0 Å². The van der Waals surface area contributed by atoms with Crippen LogP contribution in [0.15, 0.2) is 48.5 Å². The molecule has 0 bridgehead atoms. The molecule has 6 nitrogen and oxygen atoms in total. The molecule has 0 aromatic heterocycles. The Morgan fingerprint density at radius 1 is 0.944 bits per heavy atom. The molecule has 2 heterocycles. The number of hydrogen-bond donors (Lipinski definition) is 1. The topological polar surface area (TPSA) is 48.0 Å². The smallest absolute Gasteiger partial charge is 0.406 e. The van der Waals surface area contributed by atoms with Gasteiger partial charge in [-0.25, -0.2) is 0 Å². The number of aryl methyl sites for hydroxylation is 1. The fourth-order valence-electron chi connectivity index (χ4n) is 4.86. The summed E-state index contributed by atoms with van der Waals surface area (Å²) in [5, 5.41) is 3.35. The van der Waals surface area contributed by atoms with Gasteiger partial charge in [-0.15, -0.1) is 13.2 Å². The van der Waals surface area contributed by atoms with Crippen LogP contribution >= 0.6 is 0 Å². The largest absolute Gasteiger partial charge is 0.573 e. The minimum atomic E-state index is -4.69. The molecule has 2 saturated heterocycles. The number of likely N-dealkylation sites (tertiary alicyclic amines) is 1. The highest BCUT2D eigenvalue weighted by Gasteiger charge is 2.31. The average molecular weight is 505 g/mol. The zero-order valence-electron chi connectivity index (χ0n) is 20.8. The van der Waals surface area contributed by atoms with Gasteiger partial charge in [0, 0.05) is 63.1 Å². The van der Waals surface area contributed by atoms with Crippen LogP contribution in [0.4, 0.5) is 24.5 Å². The van der Waals surface area contributed by atoms with Gasteiger partial charge in [-0.1, -0.05) is 17.7 Å². The van der Waals surface area contributed by atoms with Crippen molar-refractivity contribution >= 4 is 17.3 Å². The molecule has 0 aliphatic carbocycles. The number of carbonyl (C=O) groups excluding carboxylic acids is 1. The van der Waals surface area contributed by atoms with E-state index in [9.17, 15) is 18.0 Å². The molecule has 2 aromatic rings. The average Bonchev–Trinajstić information content (AvgIpc) is 2.86. The maximum Gasteiger partial charge on any atom is 0.573 e. The summed E-state index contributed by atoms with van der Waals surface area (Å²) in [5.41, 5.74) is 3.30. The molecule has 9 heteroatoms. The van der Waals surface area contributed by atoms with Gasteiger partial charge in [-0.05, 0) is 69.1 Å². The molecule has 1 amide bonds. The standard InChI is InChI=1S/C27H35F3N4O2/c1-21-4-8-24(9-5-21)33-19-17-32(18-20-33)14-2-3-26(35)34-15-12-23(13-16-34)31-22-6-10-25(11-7-22)36-27(28,29)30/h4-11,23,31H,2-3,12-20H2,1H3. The number of piperidine rings is 1. The van der Waals surface area contributed by atoms with E-state index in [1.165, 1.54) is 23.4 Å². The lowest BCUT2D eigenvalue weighted by atomic mass is 10.0. The van der Waals surface area contributed by atoms with Crippen LogP contribution in [0.2, 0.25) is 0 Å². The molecular weight excluding hydrogens is 469 g/mol. The molecule has 36 heavy (non-hydrogen) atoms. The van der Waals surface area contributed by atoms with Gasteiger partial charge >= 0.3 is 6.36 Å². The number of hydrogen-bond acceptors (Lipinski definition) is 5. The van der Waals surface area contributed by atoms with Crippen molar-refractivity contribution in [2.75, 3.05) is 56.0 Å². The van der Waals surface area contributed by atoms with E-state index in [1.54, 1.807) is 12.1 Å². The van der Waals surface area contributed by atoms with Crippen LogP contribution < -0.4 is 15.0 Å². The number of ether oxygens (including phenoxy) is 1. The Morgan fingerprint density at radius 3 is 2.19 bits per heavy atom. The Hall–Kier alpha value is -2.94. The highest BCUT2D eigenvalue weighted by Crippen LogP contribution is 2.25. The molecule has 196 valence electrons. The lowest BCUT2D eigenvalue weighted by Gasteiger charge is -2.36. The minimum absolute atomic E-state index is 0.188. The molecule has 1 N–H and O–H groups in total. The van der Waals surface area contributed by atoms with E-state index in [4.69, 9.17) is 0 Å². The monoisotopic (exact) mass is 504 g/mol. The van der Waals surface area contributed by atoms with Crippen molar-refractivity contribution in [3.05, 3.63) is 54.1 Å². The van der Waals surface area contributed by atoms with Crippen molar-refractivity contribution in [2.45, 2.75) is 45.0 Å². The lowest BCUT2D eigenvalue weighted by molar-refractivity contribution is -0.274. The molecule has 0 radical (unpaired) electrons. The molecule has 2 aliphatic heterocycles. The summed E-state index contributed by atoms with van der Waals surface area (Å²) < 4.78 is 40.8. The SMILES string of the molecule is Cc1ccc(N2CCN(CCCC(=O)N3CCC(Nc4ccc(OC(F)(F)F)cc4)CC3)CC2)cc1. The third kappa shape index (κ3) is 7.78. The summed E-state index contributed by atoms with van der Waals surface area (Å²) in [6.07, 6.45) is -1.63. The van der Waals surface area contributed by atoms with Crippen molar-refractivity contribution in [1.29, 1.82) is 0 Å². The van der Waals surface area contributed by atoms with Crippen molar-refractivity contribution in [3.8, 4) is 5.75 Å². The number of nitrogens with one attached hydrogen (secondary N) is 1. The first kappa shape index (κ1) is 26.1. The predicted octanol–water partition coefficient (Wildman–Crippen LogP) is 4.90. The van der Waals surface area contributed by atoms with E-state index in [0.717, 1.165) is 57.7 Å². The number of piperazine rings is 1. The highest BCUT2D eigenvalue weighted by molar-refractivity contribution is 5.76. The Bertz CT molecular complexity index is 966. The maximum atomic E-state index is 12.7. The minimum Gasteiger partial charge on any atom is -0.406 e. The first-order valence-electron chi connectivity index (χ1n) is 12.7. The summed E-state index contributed by atoms with van der Waals surface area (Å²) in [5.74, 6) is -0.0259. The summed E-state index contributed by atoms with van der Waals surface area (Å²) in [6, 6.07) is 14.6. The summed E-state index contributed by atoms with van der Waals surface area (Å²) in [4.78, 5) is 19.5. The number of carbonyl (C=O) groups is 1. The quantitative estimate of drug-likeness (QED) is 0.554. The highest BCUT2D eigenvalue weighted by atomic mass is 19.4. The van der Waals surface area contributed by atoms with Gasteiger partial charge in [-0.2, -0.15) is 0 Å². The van der Waals surface area contributed by atoms with Gasteiger partial charge in [0.25, 0.3) is 0 Å². The van der Waals surface area contributed by atoms with Crippen LogP contribution in [0.3, 0.4) is 0 Å². The number of halogens is 3. The second-order valence-electron chi connectivity index (χ2n) is 9.64. The molecule has 0 unspecified atom stereocenters. The van der Waals surface area contributed by atoms with E-state index in [0.29, 0.717) is 19.5 Å². The molecule has 2 aliphatic rings. The zero-order valence-corrected chi connectivity index (χ0v) is 20.8. The Morgan fingerprint density at radius 2 is 1.58 bits per heavy atom. The number of alkyl halides is 3. The van der Waals surface area contributed by atoms with Crippen molar-refractivity contribution < 1.29 is 22.7 Å². The van der Waals surface area contributed by atoms with Crippen LogP contribution in [-0.2, 0) is 4.79 Å². The molecule has 4 rings (SSSR count). The lowest BCUT2D eigenvalue weighted by Crippen LogP contribution is -2.47. The number of benzene rings is 2. The molecule has 0 spiro atoms.